The van der Waals surface area contributed by atoms with Crippen molar-refractivity contribution in [2.75, 3.05) is 5.73 Å². The molecule has 0 spiro atoms. The van der Waals surface area contributed by atoms with E-state index in [1.165, 1.54) is 29.3 Å². The Bertz CT molecular complexity index is 1590. The summed E-state index contributed by atoms with van der Waals surface area (Å²) in [6.07, 6.45) is 0. The van der Waals surface area contributed by atoms with Gasteiger partial charge in [-0.25, -0.2) is 13.8 Å². The van der Waals surface area contributed by atoms with E-state index in [1.807, 2.05) is 38.1 Å². The van der Waals surface area contributed by atoms with Gasteiger partial charge in [0.2, 0.25) is 0 Å². The summed E-state index contributed by atoms with van der Waals surface area (Å²) in [6.45, 7) is 9.38. The Balaban J connectivity index is 0.000000180. The van der Waals surface area contributed by atoms with Gasteiger partial charge >= 0.3 is 0 Å². The van der Waals surface area contributed by atoms with Crippen LogP contribution in [0.4, 0.5) is 14.5 Å². The monoisotopic (exact) mass is 540 g/mol. The number of benzene rings is 4. The summed E-state index contributed by atoms with van der Waals surface area (Å²) in [7, 11) is 0. The van der Waals surface area contributed by atoms with Crippen LogP contribution < -0.4 is 5.73 Å². The number of fused-ring (bicyclic) bond motifs is 1. The fourth-order valence-electron chi connectivity index (χ4n) is 4.32. The zero-order valence-electron chi connectivity index (χ0n) is 23.4. The van der Waals surface area contributed by atoms with Crippen molar-refractivity contribution in [1.29, 1.82) is 0 Å². The van der Waals surface area contributed by atoms with Crippen LogP contribution >= 0.6 is 0 Å². The minimum Gasteiger partial charge on any atom is -0.398 e. The molecule has 40 heavy (non-hydrogen) atoms. The van der Waals surface area contributed by atoms with Gasteiger partial charge in [0.05, 0.1) is 17.8 Å². The van der Waals surface area contributed by atoms with Gasteiger partial charge < -0.3 is 10.8 Å². The number of hydrogen-bond donors (Lipinski definition) is 2. The molecular weight excluding hydrogens is 506 g/mol. The number of aliphatic hydroxyl groups excluding tert-OH is 1. The molecule has 5 rings (SSSR count). The number of nitrogen functional groups attached to an aromatic ring is 1. The molecule has 0 aliphatic carbocycles. The molecule has 0 bridgehead atoms. The van der Waals surface area contributed by atoms with Gasteiger partial charge in [0.1, 0.15) is 11.6 Å². The number of carbonyl (C=O) groups is 1. The fraction of sp³-hybridized carbons (Fsp3) is 0.176. The van der Waals surface area contributed by atoms with Crippen molar-refractivity contribution in [1.82, 2.24) is 4.98 Å². The predicted molar refractivity (Wildman–Crippen MR) is 159 cm³/mol. The summed E-state index contributed by atoms with van der Waals surface area (Å²) in [5, 5.41) is 9.14. The van der Waals surface area contributed by atoms with Gasteiger partial charge in [0, 0.05) is 27.8 Å². The number of nitrogens with zero attached hydrogens (tertiary/aromatic N) is 1. The zero-order chi connectivity index (χ0) is 29.4. The third-order valence-electron chi connectivity index (χ3n) is 6.14. The van der Waals surface area contributed by atoms with Crippen molar-refractivity contribution in [3.05, 3.63) is 130 Å². The van der Waals surface area contributed by atoms with E-state index in [0.717, 1.165) is 27.9 Å². The van der Waals surface area contributed by atoms with Gasteiger partial charge in [-0.1, -0.05) is 46.5 Å². The number of carbonyl (C=O) groups excluding carboxylic acids is 1. The first-order valence-electron chi connectivity index (χ1n) is 12.9. The number of halogens is 2. The Morgan fingerprint density at radius 2 is 1.32 bits per heavy atom. The van der Waals surface area contributed by atoms with Crippen LogP contribution in [0.5, 0.6) is 0 Å². The molecule has 5 aromatic rings. The van der Waals surface area contributed by atoms with Gasteiger partial charge in [-0.05, 0) is 95.3 Å². The van der Waals surface area contributed by atoms with E-state index >= 15 is 0 Å². The van der Waals surface area contributed by atoms with Crippen LogP contribution in [-0.4, -0.2) is 15.9 Å². The van der Waals surface area contributed by atoms with Crippen LogP contribution in [0.1, 0.15) is 45.1 Å². The number of aryl methyl sites for hydroxylation is 4. The average Bonchev–Trinajstić information content (AvgIpc) is 2.88. The second-order valence-electron chi connectivity index (χ2n) is 9.78. The maximum atomic E-state index is 13.6. The molecule has 0 fully saturated rings. The number of rotatable bonds is 3. The zero-order valence-corrected chi connectivity index (χ0v) is 23.4. The van der Waals surface area contributed by atoms with Crippen LogP contribution in [0, 0.1) is 39.3 Å². The van der Waals surface area contributed by atoms with Crippen LogP contribution in [0.3, 0.4) is 0 Å². The predicted octanol–water partition coefficient (Wildman–Crippen LogP) is 8.06. The average molecular weight is 541 g/mol. The lowest BCUT2D eigenvalue weighted by molar-refractivity contribution is 0.101. The third kappa shape index (κ3) is 8.04. The molecular formula is C34H34F2N2O2. The molecule has 0 amide bonds. The second kappa shape index (κ2) is 13.6. The number of aliphatic hydroxyl groups is 1. The summed E-state index contributed by atoms with van der Waals surface area (Å²) in [5.41, 5.74) is 14.0. The molecule has 0 aliphatic rings. The molecule has 0 radical (unpaired) electrons. The highest BCUT2D eigenvalue weighted by molar-refractivity contribution is 5.94. The first-order valence-corrected chi connectivity index (χ1v) is 12.9. The van der Waals surface area contributed by atoms with Crippen molar-refractivity contribution in [2.24, 2.45) is 0 Å². The number of hydrogen-bond acceptors (Lipinski definition) is 4. The maximum Gasteiger partial charge on any atom is 0.159 e. The third-order valence-corrected chi connectivity index (χ3v) is 6.14. The highest BCUT2D eigenvalue weighted by Gasteiger charge is 2.06. The molecule has 0 unspecified atom stereocenters. The first-order chi connectivity index (χ1) is 19.0. The smallest absolute Gasteiger partial charge is 0.159 e. The summed E-state index contributed by atoms with van der Waals surface area (Å²) in [5.74, 6) is -0.545. The van der Waals surface area contributed by atoms with Crippen LogP contribution in [-0.2, 0) is 6.61 Å². The molecule has 4 nitrogen and oxygen atoms in total. The van der Waals surface area contributed by atoms with Crippen LogP contribution in [0.25, 0.3) is 22.2 Å². The lowest BCUT2D eigenvalue weighted by atomic mass is 10.0. The fourth-order valence-corrected chi connectivity index (χ4v) is 4.32. The molecule has 206 valence electrons. The number of anilines is 1. The molecule has 0 saturated carbocycles. The summed E-state index contributed by atoms with van der Waals surface area (Å²) in [4.78, 5) is 15.5. The van der Waals surface area contributed by atoms with Crippen molar-refractivity contribution in [3.63, 3.8) is 0 Å². The molecule has 0 atom stereocenters. The highest BCUT2D eigenvalue weighted by Crippen LogP contribution is 2.24. The van der Waals surface area contributed by atoms with Crippen molar-refractivity contribution in [2.45, 2.75) is 41.2 Å². The maximum absolute atomic E-state index is 13.6. The number of pyridine rings is 1. The largest absolute Gasteiger partial charge is 0.398 e. The van der Waals surface area contributed by atoms with Gasteiger partial charge in [-0.2, -0.15) is 0 Å². The van der Waals surface area contributed by atoms with Gasteiger partial charge in [0.25, 0.3) is 0 Å². The minimum atomic E-state index is -0.456. The van der Waals surface area contributed by atoms with E-state index in [0.29, 0.717) is 16.6 Å². The first kappa shape index (κ1) is 30.1. The number of Topliss-reactive ketones (excluding diaryl/α,β-unsaturated/α-hetero) is 1. The molecule has 3 N–H and O–H groups in total. The quantitative estimate of drug-likeness (QED) is 0.179. The lowest BCUT2D eigenvalue weighted by Crippen LogP contribution is -1.96. The van der Waals surface area contributed by atoms with Crippen LogP contribution in [0.2, 0.25) is 0 Å². The molecule has 1 heterocycles. The van der Waals surface area contributed by atoms with E-state index in [9.17, 15) is 13.6 Å². The van der Waals surface area contributed by atoms with Gasteiger partial charge in [-0.15, -0.1) is 0 Å². The van der Waals surface area contributed by atoms with Crippen molar-refractivity contribution < 1.29 is 18.7 Å². The Morgan fingerprint density at radius 1 is 0.775 bits per heavy atom. The number of nitrogens with two attached hydrogens (primary N) is 1. The van der Waals surface area contributed by atoms with Gasteiger partial charge in [-0.3, -0.25) is 4.79 Å². The molecule has 6 heteroatoms. The molecule has 4 aromatic carbocycles. The Labute approximate surface area is 234 Å². The highest BCUT2D eigenvalue weighted by atomic mass is 19.1. The summed E-state index contributed by atoms with van der Waals surface area (Å²) in [6, 6.07) is 25.2. The Hall–Kier alpha value is -4.42. The normalized spacial score (nSPS) is 10.3. The topological polar surface area (TPSA) is 76.2 Å². The van der Waals surface area contributed by atoms with E-state index in [-0.39, 0.29) is 23.8 Å². The Morgan fingerprint density at radius 3 is 1.85 bits per heavy atom. The molecule has 0 saturated heterocycles. The van der Waals surface area contributed by atoms with E-state index in [1.54, 1.807) is 25.1 Å². The number of ketones is 1. The lowest BCUT2D eigenvalue weighted by Gasteiger charge is -2.06. The molecule has 1 aromatic heterocycles. The second-order valence-corrected chi connectivity index (χ2v) is 9.78. The standard InChI is InChI=1S/C17H14FN.C10H12O.C7H8FNO/c1-11-8-12(2)10-13(9-11)16-7-6-14-15(18)4-3-5-17(14)19-16;1-7-4-8(2)6-10(5-7)9(3)11;8-6-2-1-3-7(9)5(6)4-10/h3-10H,1-2H3;4-6H,1-3H3;1-3,10H,4,9H2. The van der Waals surface area contributed by atoms with E-state index in [4.69, 9.17) is 10.8 Å². The Kier molecular flexibility index (Phi) is 10.2. The van der Waals surface area contributed by atoms with Crippen molar-refractivity contribution in [3.8, 4) is 11.3 Å². The van der Waals surface area contributed by atoms with Crippen molar-refractivity contribution >= 4 is 22.4 Å². The molecule has 0 aliphatic heterocycles. The minimum absolute atomic E-state index is 0.136. The number of aromatic nitrogens is 1. The van der Waals surface area contributed by atoms with E-state index in [2.05, 4.69) is 43.1 Å². The van der Waals surface area contributed by atoms with Crippen LogP contribution in [0.15, 0.2) is 84.9 Å². The summed E-state index contributed by atoms with van der Waals surface area (Å²) >= 11 is 0. The van der Waals surface area contributed by atoms with Gasteiger partial charge in [0.15, 0.2) is 5.78 Å². The summed E-state index contributed by atoms with van der Waals surface area (Å²) < 4.78 is 26.2. The SMILES string of the molecule is CC(=O)c1cc(C)cc(C)c1.Cc1cc(C)cc(-c2ccc3c(F)cccc3n2)c1.Nc1cccc(F)c1CO. The van der Waals surface area contributed by atoms with E-state index < -0.39 is 5.82 Å².